The molecule has 0 saturated carbocycles. The van der Waals surface area contributed by atoms with E-state index in [1.54, 1.807) is 0 Å². The average Bonchev–Trinajstić information content (AvgIpc) is 3.24. The molecule has 186 valence electrons. The zero-order chi connectivity index (χ0) is 25.8. The van der Waals surface area contributed by atoms with E-state index >= 15 is 0 Å². The molecular formula is C30H42O2Si2Zr. The molecule has 2 unspecified atom stereocenters. The molecule has 0 aromatic heterocycles. The van der Waals surface area contributed by atoms with E-state index in [0.717, 1.165) is 0 Å². The summed E-state index contributed by atoms with van der Waals surface area (Å²) in [7, 11) is -3.87. The standard InChI is InChI=1S/2C15H21OSi.Zr/c2*1-15(2,3)17(4,5)16-14-11-10-12-8-6-7-9-13(12)14;/h2*6-10,14H,1-5H3;. The van der Waals surface area contributed by atoms with Gasteiger partial charge >= 0.3 is 228 Å². The van der Waals surface area contributed by atoms with Gasteiger partial charge in [0.2, 0.25) is 0 Å². The zero-order valence-corrected chi connectivity index (χ0v) is 27.7. The topological polar surface area (TPSA) is 18.5 Å². The van der Waals surface area contributed by atoms with Crippen molar-refractivity contribution in [3.8, 4) is 0 Å². The van der Waals surface area contributed by atoms with Gasteiger partial charge in [0, 0.05) is 0 Å². The van der Waals surface area contributed by atoms with E-state index in [0.29, 0.717) is 0 Å². The van der Waals surface area contributed by atoms with E-state index in [1.807, 2.05) is 0 Å². The first kappa shape index (κ1) is 27.2. The normalized spacial score (nSPS) is 20.3. The quantitative estimate of drug-likeness (QED) is 0.316. The molecule has 0 radical (unpaired) electrons. The Morgan fingerprint density at radius 2 is 0.943 bits per heavy atom. The Balaban J connectivity index is 1.69. The van der Waals surface area contributed by atoms with Gasteiger partial charge in [-0.25, -0.2) is 0 Å². The predicted molar refractivity (Wildman–Crippen MR) is 151 cm³/mol. The van der Waals surface area contributed by atoms with Gasteiger partial charge in [0.1, 0.15) is 0 Å². The SMILES string of the molecule is CC(C)(C)[Si](C)(C)OC1[C]([Zr][C]2=Cc3ccccc3C2O[Si](C)(C)C(C)(C)C)=Cc2ccccc21. The maximum atomic E-state index is 7.13. The van der Waals surface area contributed by atoms with Crippen LogP contribution in [0, 0.1) is 0 Å². The fourth-order valence-corrected chi connectivity index (χ4v) is 10.8. The van der Waals surface area contributed by atoms with Crippen molar-refractivity contribution < 1.29 is 32.1 Å². The van der Waals surface area contributed by atoms with Crippen LogP contribution in [0.1, 0.15) is 76.0 Å². The van der Waals surface area contributed by atoms with Crippen LogP contribution < -0.4 is 0 Å². The Kier molecular flexibility index (Phi) is 7.36. The minimum absolute atomic E-state index is 0.0943. The van der Waals surface area contributed by atoms with Crippen molar-refractivity contribution in [1.82, 2.24) is 0 Å². The van der Waals surface area contributed by atoms with E-state index in [2.05, 4.69) is 128 Å². The molecule has 0 saturated heterocycles. The van der Waals surface area contributed by atoms with Crippen LogP contribution in [0.3, 0.4) is 0 Å². The molecule has 2 aliphatic carbocycles. The Morgan fingerprint density at radius 3 is 1.29 bits per heavy atom. The summed E-state index contributed by atoms with van der Waals surface area (Å²) in [5, 5.41) is 0.356. The Labute approximate surface area is 227 Å². The van der Waals surface area contributed by atoms with Crippen molar-refractivity contribution in [2.24, 2.45) is 0 Å². The Hall–Kier alpha value is -0.843. The summed E-state index contributed by atoms with van der Waals surface area (Å²) >= 11 is -1.14. The van der Waals surface area contributed by atoms with Crippen LogP contribution in [0.4, 0.5) is 0 Å². The molecule has 0 spiro atoms. The van der Waals surface area contributed by atoms with Crippen molar-refractivity contribution in [1.29, 1.82) is 0 Å². The zero-order valence-electron chi connectivity index (χ0n) is 23.2. The fourth-order valence-electron chi connectivity index (χ4n) is 4.15. The Bertz CT molecular complexity index is 1070. The first-order valence-electron chi connectivity index (χ1n) is 12.8. The first-order chi connectivity index (χ1) is 16.1. The van der Waals surface area contributed by atoms with E-state index < -0.39 is 39.9 Å². The van der Waals surface area contributed by atoms with Gasteiger partial charge in [0.25, 0.3) is 0 Å². The molecule has 2 atom stereocenters. The molecule has 0 bridgehead atoms. The van der Waals surface area contributed by atoms with E-state index in [9.17, 15) is 0 Å². The van der Waals surface area contributed by atoms with E-state index in [-0.39, 0.29) is 22.3 Å². The van der Waals surface area contributed by atoms with Crippen LogP contribution >= 0.6 is 0 Å². The molecule has 0 heterocycles. The fraction of sp³-hybridized carbons (Fsp3) is 0.467. The Morgan fingerprint density at radius 1 is 0.600 bits per heavy atom. The van der Waals surface area contributed by atoms with Crippen molar-refractivity contribution >= 4 is 28.8 Å². The number of rotatable bonds is 6. The molecule has 4 rings (SSSR count). The summed E-state index contributed by atoms with van der Waals surface area (Å²) in [6.07, 6.45) is 5.09. The van der Waals surface area contributed by atoms with Gasteiger partial charge in [0.05, 0.1) is 0 Å². The number of benzene rings is 2. The summed E-state index contributed by atoms with van der Waals surface area (Å²) < 4.78 is 17.3. The summed E-state index contributed by atoms with van der Waals surface area (Å²) in [6, 6.07) is 17.7. The summed E-state index contributed by atoms with van der Waals surface area (Å²) in [6.45, 7) is 23.5. The molecule has 2 aliphatic rings. The molecule has 0 N–H and O–H groups in total. The van der Waals surface area contributed by atoms with Crippen LogP contribution in [0.5, 0.6) is 0 Å². The third-order valence-electron chi connectivity index (χ3n) is 8.47. The van der Waals surface area contributed by atoms with Crippen molar-refractivity contribution in [3.63, 3.8) is 0 Å². The van der Waals surface area contributed by atoms with Crippen LogP contribution in [0.25, 0.3) is 12.2 Å². The van der Waals surface area contributed by atoms with Gasteiger partial charge in [-0.05, 0) is 0 Å². The molecule has 2 aromatic rings. The van der Waals surface area contributed by atoms with Crippen LogP contribution in [0.2, 0.25) is 36.3 Å². The number of hydrogen-bond donors (Lipinski definition) is 0. The molecule has 0 amide bonds. The maximum absolute atomic E-state index is 7.13. The molecule has 2 aromatic carbocycles. The molecular weight excluding hydrogens is 540 g/mol. The van der Waals surface area contributed by atoms with Gasteiger partial charge in [0.15, 0.2) is 0 Å². The van der Waals surface area contributed by atoms with E-state index in [1.165, 1.54) is 28.8 Å². The second-order valence-corrected chi connectivity index (χ2v) is 26.1. The van der Waals surface area contributed by atoms with Gasteiger partial charge in [-0.1, -0.05) is 0 Å². The molecule has 0 fully saturated rings. The van der Waals surface area contributed by atoms with Gasteiger partial charge in [-0.15, -0.1) is 0 Å². The van der Waals surface area contributed by atoms with Crippen molar-refractivity contribution in [2.45, 2.75) is 90.0 Å². The summed E-state index contributed by atoms with van der Waals surface area (Å²) in [5.41, 5.74) is 5.38. The number of hydrogen-bond acceptors (Lipinski definition) is 2. The van der Waals surface area contributed by atoms with Gasteiger partial charge < -0.3 is 0 Å². The monoisotopic (exact) mass is 580 g/mol. The minimum atomic E-state index is -1.94. The molecule has 0 aliphatic heterocycles. The second-order valence-electron chi connectivity index (χ2n) is 13.1. The number of fused-ring (bicyclic) bond motifs is 2. The van der Waals surface area contributed by atoms with E-state index in [4.69, 9.17) is 8.85 Å². The predicted octanol–water partition coefficient (Wildman–Crippen LogP) is 9.30. The van der Waals surface area contributed by atoms with Crippen LogP contribution in [-0.4, -0.2) is 16.6 Å². The second kappa shape index (κ2) is 9.47. The van der Waals surface area contributed by atoms with Crippen LogP contribution in [0.15, 0.2) is 55.1 Å². The van der Waals surface area contributed by atoms with Gasteiger partial charge in [-0.3, -0.25) is 0 Å². The average molecular weight is 582 g/mol. The van der Waals surface area contributed by atoms with Gasteiger partial charge in [-0.2, -0.15) is 0 Å². The van der Waals surface area contributed by atoms with Crippen molar-refractivity contribution in [3.05, 3.63) is 77.3 Å². The van der Waals surface area contributed by atoms with Crippen molar-refractivity contribution in [2.75, 3.05) is 0 Å². The third-order valence-corrected chi connectivity index (χ3v) is 20.8. The summed E-state index contributed by atoms with van der Waals surface area (Å²) in [5.74, 6) is 0. The summed E-state index contributed by atoms with van der Waals surface area (Å²) in [4.78, 5) is 0. The molecule has 35 heavy (non-hydrogen) atoms. The third kappa shape index (κ3) is 5.41. The molecule has 5 heteroatoms. The molecule has 2 nitrogen and oxygen atoms in total. The van der Waals surface area contributed by atoms with Crippen LogP contribution in [-0.2, 0) is 32.1 Å². The first-order valence-corrected chi connectivity index (χ1v) is 21.1.